The molecule has 0 aliphatic carbocycles. The van der Waals surface area contributed by atoms with Gasteiger partial charge in [0.05, 0.1) is 24.6 Å². The van der Waals surface area contributed by atoms with E-state index >= 15 is 0 Å². The molecule has 3 heterocycles. The first-order valence-corrected chi connectivity index (χ1v) is 10.8. The van der Waals surface area contributed by atoms with Gasteiger partial charge in [0.1, 0.15) is 4.88 Å². The van der Waals surface area contributed by atoms with Crippen molar-refractivity contribution in [2.45, 2.75) is 27.2 Å². The zero-order valence-corrected chi connectivity index (χ0v) is 18.3. The third kappa shape index (κ3) is 3.95. The fourth-order valence-electron chi connectivity index (χ4n) is 3.53. The summed E-state index contributed by atoms with van der Waals surface area (Å²) in [7, 11) is 0. The van der Waals surface area contributed by atoms with Gasteiger partial charge in [-0.25, -0.2) is 9.67 Å². The Balaban J connectivity index is 1.64. The van der Waals surface area contributed by atoms with Crippen molar-refractivity contribution in [3.63, 3.8) is 0 Å². The predicted octanol–water partition coefficient (Wildman–Crippen LogP) is 3.97. The molecule has 1 aromatic carbocycles. The molecule has 1 aliphatic heterocycles. The molecule has 0 bridgehead atoms. The first-order chi connectivity index (χ1) is 14.0. The van der Waals surface area contributed by atoms with E-state index in [1.807, 2.05) is 54.6 Å². The van der Waals surface area contributed by atoms with Gasteiger partial charge in [-0.15, -0.1) is 0 Å². The molecule has 1 amide bonds. The average Bonchev–Trinajstić information content (AvgIpc) is 3.24. The number of hydrogen-bond donors (Lipinski definition) is 0. The van der Waals surface area contributed by atoms with Crippen LogP contribution < -0.4 is 0 Å². The van der Waals surface area contributed by atoms with Crippen LogP contribution >= 0.6 is 22.9 Å². The highest BCUT2D eigenvalue weighted by Gasteiger charge is 2.25. The molecule has 6 nitrogen and oxygen atoms in total. The molecule has 0 unspecified atom stereocenters. The molecule has 4 rings (SSSR count). The van der Waals surface area contributed by atoms with Crippen LogP contribution in [0.15, 0.2) is 24.3 Å². The fourth-order valence-corrected chi connectivity index (χ4v) is 4.77. The number of aryl methyl sites for hydroxylation is 2. The summed E-state index contributed by atoms with van der Waals surface area (Å²) in [5.41, 5.74) is 4.89. The second-order valence-electron chi connectivity index (χ2n) is 7.14. The third-order valence-electron chi connectivity index (χ3n) is 5.23. The maximum Gasteiger partial charge on any atom is 0.266 e. The van der Waals surface area contributed by atoms with Gasteiger partial charge in [0.25, 0.3) is 5.91 Å². The Kier molecular flexibility index (Phi) is 5.72. The molecule has 0 atom stereocenters. The summed E-state index contributed by atoms with van der Waals surface area (Å²) in [5, 5.41) is 6.17. The van der Waals surface area contributed by atoms with Crippen LogP contribution in [0.1, 0.15) is 37.9 Å². The van der Waals surface area contributed by atoms with E-state index in [0.717, 1.165) is 33.2 Å². The summed E-state index contributed by atoms with van der Waals surface area (Å²) in [6.45, 7) is 8.31. The van der Waals surface area contributed by atoms with E-state index in [1.165, 1.54) is 11.3 Å². The Morgan fingerprint density at radius 2 is 1.90 bits per heavy atom. The number of halogens is 1. The molecule has 1 aliphatic rings. The van der Waals surface area contributed by atoms with Gasteiger partial charge in [-0.05, 0) is 32.4 Å². The standard InChI is InChI=1S/C21H23ClN4O2S/c1-13-17(12-16-6-4-5-7-18(16)22)15(3)26(24-13)21-23-14(2)19(29-21)20(27)25-8-10-28-11-9-25/h4-7H,8-12H2,1-3H3. The molecule has 1 saturated heterocycles. The molecule has 8 heteroatoms. The minimum absolute atomic E-state index is 0.0207. The van der Waals surface area contributed by atoms with E-state index in [0.29, 0.717) is 42.7 Å². The first kappa shape index (κ1) is 20.1. The number of nitrogens with zero attached hydrogens (tertiary/aromatic N) is 4. The molecule has 0 N–H and O–H groups in total. The highest BCUT2D eigenvalue weighted by molar-refractivity contribution is 7.16. The van der Waals surface area contributed by atoms with Crippen molar-refractivity contribution in [2.24, 2.45) is 0 Å². The largest absolute Gasteiger partial charge is 0.378 e. The van der Waals surface area contributed by atoms with Crippen molar-refractivity contribution in [2.75, 3.05) is 26.3 Å². The molecular weight excluding hydrogens is 408 g/mol. The lowest BCUT2D eigenvalue weighted by Crippen LogP contribution is -2.40. The zero-order valence-electron chi connectivity index (χ0n) is 16.7. The van der Waals surface area contributed by atoms with Crippen LogP contribution in [0.3, 0.4) is 0 Å². The second-order valence-corrected chi connectivity index (χ2v) is 8.53. The lowest BCUT2D eigenvalue weighted by Gasteiger charge is -2.26. The maximum absolute atomic E-state index is 12.9. The zero-order chi connectivity index (χ0) is 20.5. The molecule has 3 aromatic rings. The number of ether oxygens (including phenoxy) is 1. The topological polar surface area (TPSA) is 60.2 Å². The number of carbonyl (C=O) groups is 1. The average molecular weight is 431 g/mol. The SMILES string of the molecule is Cc1nc(-n2nc(C)c(Cc3ccccc3Cl)c2C)sc1C(=O)N1CCOCC1. The Hall–Kier alpha value is -2.22. The number of morpholine rings is 1. The van der Waals surface area contributed by atoms with Gasteiger partial charge >= 0.3 is 0 Å². The second kappa shape index (κ2) is 8.26. The normalized spacial score (nSPS) is 14.4. The summed E-state index contributed by atoms with van der Waals surface area (Å²) >= 11 is 7.74. The van der Waals surface area contributed by atoms with Crippen LogP contribution in [0.5, 0.6) is 0 Å². The van der Waals surface area contributed by atoms with Gasteiger partial charge in [-0.3, -0.25) is 4.79 Å². The molecule has 0 saturated carbocycles. The first-order valence-electron chi connectivity index (χ1n) is 9.59. The third-order valence-corrected chi connectivity index (χ3v) is 6.71. The van der Waals surface area contributed by atoms with Gasteiger partial charge in [0.2, 0.25) is 5.13 Å². The van der Waals surface area contributed by atoms with Crippen LogP contribution in [0.25, 0.3) is 5.13 Å². The van der Waals surface area contributed by atoms with Crippen molar-refractivity contribution < 1.29 is 9.53 Å². The quantitative estimate of drug-likeness (QED) is 0.628. The number of rotatable bonds is 4. The fraction of sp³-hybridized carbons (Fsp3) is 0.381. The van der Waals surface area contributed by atoms with Crippen molar-refractivity contribution >= 4 is 28.8 Å². The lowest BCUT2D eigenvalue weighted by molar-refractivity contribution is 0.0305. The number of hydrogen-bond acceptors (Lipinski definition) is 5. The van der Waals surface area contributed by atoms with Crippen molar-refractivity contribution in [1.82, 2.24) is 19.7 Å². The highest BCUT2D eigenvalue weighted by Crippen LogP contribution is 2.28. The smallest absolute Gasteiger partial charge is 0.266 e. The lowest BCUT2D eigenvalue weighted by atomic mass is 10.0. The minimum Gasteiger partial charge on any atom is -0.378 e. The van der Waals surface area contributed by atoms with Crippen LogP contribution in [-0.4, -0.2) is 51.9 Å². The van der Waals surface area contributed by atoms with E-state index < -0.39 is 0 Å². The number of thiazole rings is 1. The molecule has 0 spiro atoms. The Labute approximate surface area is 179 Å². The number of aromatic nitrogens is 3. The summed E-state index contributed by atoms with van der Waals surface area (Å²) in [5.74, 6) is 0.0207. The van der Waals surface area contributed by atoms with Crippen molar-refractivity contribution in [3.8, 4) is 5.13 Å². The molecular formula is C21H23ClN4O2S. The molecule has 1 fully saturated rings. The molecule has 152 valence electrons. The summed E-state index contributed by atoms with van der Waals surface area (Å²) in [6.07, 6.45) is 0.710. The summed E-state index contributed by atoms with van der Waals surface area (Å²) in [6, 6.07) is 7.86. The van der Waals surface area contributed by atoms with Crippen molar-refractivity contribution in [3.05, 3.63) is 62.4 Å². The number of benzene rings is 1. The van der Waals surface area contributed by atoms with Gasteiger partial charge in [0.15, 0.2) is 0 Å². The van der Waals surface area contributed by atoms with E-state index in [9.17, 15) is 4.79 Å². The number of carbonyl (C=O) groups excluding carboxylic acids is 1. The summed E-state index contributed by atoms with van der Waals surface area (Å²) < 4.78 is 7.19. The van der Waals surface area contributed by atoms with E-state index in [2.05, 4.69) is 4.98 Å². The highest BCUT2D eigenvalue weighted by atomic mass is 35.5. The van der Waals surface area contributed by atoms with E-state index in [-0.39, 0.29) is 5.91 Å². The van der Waals surface area contributed by atoms with Crippen LogP contribution in [0.4, 0.5) is 0 Å². The van der Waals surface area contributed by atoms with Gasteiger partial charge < -0.3 is 9.64 Å². The minimum atomic E-state index is 0.0207. The van der Waals surface area contributed by atoms with Crippen LogP contribution in [0, 0.1) is 20.8 Å². The number of amides is 1. The Morgan fingerprint density at radius 3 is 2.62 bits per heavy atom. The summed E-state index contributed by atoms with van der Waals surface area (Å²) in [4.78, 5) is 20.0. The Bertz CT molecular complexity index is 1050. The van der Waals surface area contributed by atoms with Crippen LogP contribution in [-0.2, 0) is 11.2 Å². The van der Waals surface area contributed by atoms with Gasteiger partial charge in [-0.2, -0.15) is 5.10 Å². The van der Waals surface area contributed by atoms with Gasteiger partial charge in [0, 0.05) is 35.8 Å². The predicted molar refractivity (Wildman–Crippen MR) is 114 cm³/mol. The molecule has 2 aromatic heterocycles. The van der Waals surface area contributed by atoms with Crippen molar-refractivity contribution in [1.29, 1.82) is 0 Å². The monoisotopic (exact) mass is 430 g/mol. The maximum atomic E-state index is 12.9. The van der Waals surface area contributed by atoms with E-state index in [1.54, 1.807) is 0 Å². The molecule has 29 heavy (non-hydrogen) atoms. The molecule has 0 radical (unpaired) electrons. The Morgan fingerprint density at radius 1 is 1.17 bits per heavy atom. The van der Waals surface area contributed by atoms with Gasteiger partial charge in [-0.1, -0.05) is 41.1 Å². The van der Waals surface area contributed by atoms with E-state index in [4.69, 9.17) is 21.4 Å². The van der Waals surface area contributed by atoms with Crippen LogP contribution in [0.2, 0.25) is 5.02 Å².